The summed E-state index contributed by atoms with van der Waals surface area (Å²) in [5, 5.41) is 8.92. The number of aliphatic carboxylic acids is 1. The molecule has 0 radical (unpaired) electrons. The Balaban J connectivity index is 1.94. The van der Waals surface area contributed by atoms with E-state index in [0.717, 1.165) is 10.5 Å². The van der Waals surface area contributed by atoms with Crippen molar-refractivity contribution < 1.29 is 23.8 Å². The molecule has 1 heterocycles. The number of carboxylic acid groups (broad SMARTS) is 1. The van der Waals surface area contributed by atoms with Crippen LogP contribution >= 0.6 is 0 Å². The first-order valence-electron chi connectivity index (χ1n) is 5.92. The Morgan fingerprint density at radius 3 is 2.68 bits per heavy atom. The number of halogens is 1. The fourth-order valence-electron chi connectivity index (χ4n) is 2.02. The second-order valence-electron chi connectivity index (χ2n) is 4.38. The Morgan fingerprint density at radius 1 is 1.37 bits per heavy atom. The summed E-state index contributed by atoms with van der Waals surface area (Å²) in [6.07, 6.45) is -2.29. The van der Waals surface area contributed by atoms with E-state index < -0.39 is 24.3 Å². The second kappa shape index (κ2) is 5.69. The van der Waals surface area contributed by atoms with Crippen molar-refractivity contribution >= 4 is 12.1 Å². The standard InChI is InChI=1S/C13H14FNO4/c14-10-6-11(12(16)17)15(7-10)13(18)19-8-9-4-2-1-3-5-9/h1-5,10-11H,6-8H2,(H,16,17). The zero-order valence-electron chi connectivity index (χ0n) is 10.2. The highest BCUT2D eigenvalue weighted by Gasteiger charge is 2.40. The molecule has 0 aliphatic carbocycles. The first kappa shape index (κ1) is 13.3. The molecule has 2 unspecified atom stereocenters. The molecule has 2 atom stereocenters. The molecule has 5 nitrogen and oxygen atoms in total. The molecule has 2 rings (SSSR count). The van der Waals surface area contributed by atoms with Gasteiger partial charge in [0.2, 0.25) is 0 Å². The van der Waals surface area contributed by atoms with Crippen LogP contribution in [0.25, 0.3) is 0 Å². The average Bonchev–Trinajstić information content (AvgIpc) is 2.79. The number of amides is 1. The van der Waals surface area contributed by atoms with Crippen LogP contribution in [0.4, 0.5) is 9.18 Å². The van der Waals surface area contributed by atoms with Gasteiger partial charge < -0.3 is 9.84 Å². The van der Waals surface area contributed by atoms with E-state index in [1.54, 1.807) is 24.3 Å². The first-order chi connectivity index (χ1) is 9.08. The van der Waals surface area contributed by atoms with Crippen molar-refractivity contribution in [3.05, 3.63) is 35.9 Å². The van der Waals surface area contributed by atoms with Crippen LogP contribution in [0, 0.1) is 0 Å². The molecule has 1 aromatic rings. The summed E-state index contributed by atoms with van der Waals surface area (Å²) in [4.78, 5) is 23.6. The predicted octanol–water partition coefficient (Wildman–Crippen LogP) is 1.82. The van der Waals surface area contributed by atoms with Gasteiger partial charge in [-0.3, -0.25) is 4.90 Å². The molecule has 6 heteroatoms. The van der Waals surface area contributed by atoms with Crippen molar-refractivity contribution in [1.29, 1.82) is 0 Å². The van der Waals surface area contributed by atoms with Crippen LogP contribution < -0.4 is 0 Å². The molecule has 0 saturated carbocycles. The van der Waals surface area contributed by atoms with Gasteiger partial charge in [0, 0.05) is 6.42 Å². The smallest absolute Gasteiger partial charge is 0.410 e. The van der Waals surface area contributed by atoms with E-state index in [4.69, 9.17) is 9.84 Å². The Hall–Kier alpha value is -2.11. The van der Waals surface area contributed by atoms with Crippen molar-refractivity contribution in [3.63, 3.8) is 0 Å². The molecule has 1 aromatic carbocycles. The molecule has 1 saturated heterocycles. The fourth-order valence-corrected chi connectivity index (χ4v) is 2.02. The van der Waals surface area contributed by atoms with E-state index in [2.05, 4.69) is 0 Å². The van der Waals surface area contributed by atoms with Gasteiger partial charge in [0.25, 0.3) is 0 Å². The lowest BCUT2D eigenvalue weighted by Gasteiger charge is -2.20. The fraction of sp³-hybridized carbons (Fsp3) is 0.385. The Kier molecular flexibility index (Phi) is 3.99. The number of carbonyl (C=O) groups is 2. The number of carboxylic acids is 1. The third-order valence-electron chi connectivity index (χ3n) is 2.97. The summed E-state index contributed by atoms with van der Waals surface area (Å²) in [5.74, 6) is -1.21. The maximum absolute atomic E-state index is 13.2. The number of carbonyl (C=O) groups excluding carboxylic acids is 1. The molecule has 1 amide bonds. The quantitative estimate of drug-likeness (QED) is 0.907. The van der Waals surface area contributed by atoms with Gasteiger partial charge in [0.15, 0.2) is 0 Å². The highest BCUT2D eigenvalue weighted by atomic mass is 19.1. The van der Waals surface area contributed by atoms with Crippen LogP contribution in [0.1, 0.15) is 12.0 Å². The van der Waals surface area contributed by atoms with Crippen LogP contribution in [0.3, 0.4) is 0 Å². The lowest BCUT2D eigenvalue weighted by molar-refractivity contribution is -0.141. The Morgan fingerprint density at radius 2 is 2.05 bits per heavy atom. The summed E-state index contributed by atoms with van der Waals surface area (Å²) in [6, 6.07) is 7.86. The number of likely N-dealkylation sites (tertiary alicyclic amines) is 1. The van der Waals surface area contributed by atoms with Gasteiger partial charge in [-0.05, 0) is 5.56 Å². The third-order valence-corrected chi connectivity index (χ3v) is 2.97. The monoisotopic (exact) mass is 267 g/mol. The molecular formula is C13H14FNO4. The zero-order chi connectivity index (χ0) is 13.8. The van der Waals surface area contributed by atoms with E-state index in [9.17, 15) is 14.0 Å². The average molecular weight is 267 g/mol. The van der Waals surface area contributed by atoms with Crippen LogP contribution in [0.5, 0.6) is 0 Å². The van der Waals surface area contributed by atoms with Crippen molar-refractivity contribution in [2.24, 2.45) is 0 Å². The van der Waals surface area contributed by atoms with Gasteiger partial charge in [-0.2, -0.15) is 0 Å². The van der Waals surface area contributed by atoms with Gasteiger partial charge in [-0.1, -0.05) is 30.3 Å². The van der Waals surface area contributed by atoms with E-state index in [1.165, 1.54) is 0 Å². The Labute approximate surface area is 109 Å². The van der Waals surface area contributed by atoms with Crippen molar-refractivity contribution in [2.45, 2.75) is 25.2 Å². The van der Waals surface area contributed by atoms with Crippen molar-refractivity contribution in [3.8, 4) is 0 Å². The maximum atomic E-state index is 13.2. The minimum Gasteiger partial charge on any atom is -0.480 e. The highest BCUT2D eigenvalue weighted by molar-refractivity contribution is 5.80. The zero-order valence-corrected chi connectivity index (χ0v) is 10.2. The van der Waals surface area contributed by atoms with E-state index in [-0.39, 0.29) is 19.6 Å². The molecule has 19 heavy (non-hydrogen) atoms. The van der Waals surface area contributed by atoms with Gasteiger partial charge in [-0.15, -0.1) is 0 Å². The van der Waals surface area contributed by atoms with Gasteiger partial charge >= 0.3 is 12.1 Å². The predicted molar refractivity (Wildman–Crippen MR) is 64.3 cm³/mol. The van der Waals surface area contributed by atoms with E-state index >= 15 is 0 Å². The molecule has 0 aromatic heterocycles. The first-order valence-corrected chi connectivity index (χ1v) is 5.92. The molecular weight excluding hydrogens is 253 g/mol. The molecule has 1 fully saturated rings. The number of ether oxygens (including phenoxy) is 1. The van der Waals surface area contributed by atoms with Crippen LogP contribution in [0.15, 0.2) is 30.3 Å². The maximum Gasteiger partial charge on any atom is 0.410 e. The van der Waals surface area contributed by atoms with Crippen molar-refractivity contribution in [1.82, 2.24) is 4.90 Å². The summed E-state index contributed by atoms with van der Waals surface area (Å²) in [6.45, 7) is -0.190. The van der Waals surface area contributed by atoms with Gasteiger partial charge in [0.1, 0.15) is 18.8 Å². The van der Waals surface area contributed by atoms with Crippen LogP contribution in [-0.4, -0.2) is 40.8 Å². The molecule has 1 N–H and O–H groups in total. The summed E-state index contributed by atoms with van der Waals surface area (Å²) < 4.78 is 18.2. The highest BCUT2D eigenvalue weighted by Crippen LogP contribution is 2.21. The van der Waals surface area contributed by atoms with Crippen LogP contribution in [-0.2, 0) is 16.1 Å². The second-order valence-corrected chi connectivity index (χ2v) is 4.38. The molecule has 0 spiro atoms. The molecule has 1 aliphatic heterocycles. The normalized spacial score (nSPS) is 22.3. The number of rotatable bonds is 3. The number of hydrogen-bond donors (Lipinski definition) is 1. The van der Waals surface area contributed by atoms with Crippen molar-refractivity contribution in [2.75, 3.05) is 6.54 Å². The molecule has 1 aliphatic rings. The molecule has 0 bridgehead atoms. The number of hydrogen-bond acceptors (Lipinski definition) is 3. The summed E-state index contributed by atoms with van der Waals surface area (Å²) in [7, 11) is 0. The number of alkyl halides is 1. The van der Waals surface area contributed by atoms with Gasteiger partial charge in [-0.25, -0.2) is 14.0 Å². The Bertz CT molecular complexity index is 465. The number of nitrogens with zero attached hydrogens (tertiary/aromatic N) is 1. The minimum atomic E-state index is -1.31. The lowest BCUT2D eigenvalue weighted by Crippen LogP contribution is -2.40. The SMILES string of the molecule is O=C(O)C1CC(F)CN1C(=O)OCc1ccccc1. The van der Waals surface area contributed by atoms with E-state index in [1.807, 2.05) is 6.07 Å². The summed E-state index contributed by atoms with van der Waals surface area (Å²) >= 11 is 0. The largest absolute Gasteiger partial charge is 0.480 e. The van der Waals surface area contributed by atoms with E-state index in [0.29, 0.717) is 0 Å². The third kappa shape index (κ3) is 3.21. The minimum absolute atomic E-state index is 0.0411. The lowest BCUT2D eigenvalue weighted by atomic mass is 10.2. The summed E-state index contributed by atoms with van der Waals surface area (Å²) in [5.41, 5.74) is 0.790. The van der Waals surface area contributed by atoms with Crippen LogP contribution in [0.2, 0.25) is 0 Å². The van der Waals surface area contributed by atoms with Gasteiger partial charge in [0.05, 0.1) is 6.54 Å². The number of benzene rings is 1. The molecule has 102 valence electrons. The topological polar surface area (TPSA) is 66.8 Å².